The summed E-state index contributed by atoms with van der Waals surface area (Å²) in [6.45, 7) is 4.40. The highest BCUT2D eigenvalue weighted by Gasteiger charge is 2.17. The average Bonchev–Trinajstić information content (AvgIpc) is 2.53. The van der Waals surface area contributed by atoms with Gasteiger partial charge in [-0.25, -0.2) is 9.18 Å². The van der Waals surface area contributed by atoms with E-state index in [0.29, 0.717) is 12.2 Å². The number of hydrogen-bond donors (Lipinski definition) is 2. The second-order valence-corrected chi connectivity index (χ2v) is 5.41. The molecule has 23 heavy (non-hydrogen) atoms. The first-order valence-electron chi connectivity index (χ1n) is 7.55. The van der Waals surface area contributed by atoms with Gasteiger partial charge in [0.2, 0.25) is 0 Å². The fourth-order valence-electron chi connectivity index (χ4n) is 2.23. The minimum atomic E-state index is -0.770. The Bertz CT molecular complexity index is 658. The molecule has 2 amide bonds. The van der Waals surface area contributed by atoms with Gasteiger partial charge >= 0.3 is 6.03 Å². The number of aliphatic hydroxyl groups excluding tert-OH is 1. The van der Waals surface area contributed by atoms with Crippen LogP contribution in [-0.4, -0.2) is 29.1 Å². The third-order valence-electron chi connectivity index (χ3n) is 3.60. The minimum absolute atomic E-state index is 0.167. The van der Waals surface area contributed by atoms with Crippen LogP contribution < -0.4 is 5.32 Å². The fraction of sp³-hybridized carbons (Fsp3) is 0.278. The molecule has 1 atom stereocenters. The maximum atomic E-state index is 13.2. The smallest absolute Gasteiger partial charge is 0.321 e. The van der Waals surface area contributed by atoms with E-state index < -0.39 is 11.9 Å². The first-order valence-corrected chi connectivity index (χ1v) is 7.55. The lowest BCUT2D eigenvalue weighted by atomic mass is 10.1. The molecule has 1 unspecified atom stereocenters. The zero-order valence-electron chi connectivity index (χ0n) is 13.3. The fourth-order valence-corrected chi connectivity index (χ4v) is 2.23. The van der Waals surface area contributed by atoms with Gasteiger partial charge in [-0.15, -0.1) is 0 Å². The van der Waals surface area contributed by atoms with Crippen LogP contribution in [0.15, 0.2) is 48.5 Å². The number of nitrogens with one attached hydrogen (secondary N) is 1. The Labute approximate surface area is 135 Å². The van der Waals surface area contributed by atoms with Gasteiger partial charge in [0.05, 0.1) is 12.6 Å². The topological polar surface area (TPSA) is 52.6 Å². The van der Waals surface area contributed by atoms with Crippen molar-refractivity contribution in [1.29, 1.82) is 0 Å². The van der Waals surface area contributed by atoms with E-state index in [1.807, 2.05) is 38.1 Å². The Hall–Kier alpha value is -2.40. The number of aliphatic hydroxyl groups is 1. The molecule has 0 saturated carbocycles. The number of nitrogens with zero attached hydrogens (tertiary/aromatic N) is 1. The molecule has 2 aromatic carbocycles. The van der Waals surface area contributed by atoms with Gasteiger partial charge in [-0.1, -0.05) is 35.9 Å². The first kappa shape index (κ1) is 17.0. The lowest BCUT2D eigenvalue weighted by Crippen LogP contribution is -2.37. The average molecular weight is 316 g/mol. The van der Waals surface area contributed by atoms with Gasteiger partial charge < -0.3 is 15.3 Å². The number of carbonyl (C=O) groups excluding carboxylic acids is 1. The number of aryl methyl sites for hydroxylation is 1. The minimum Gasteiger partial charge on any atom is -0.387 e. The Morgan fingerprint density at radius 1 is 1.26 bits per heavy atom. The summed E-state index contributed by atoms with van der Waals surface area (Å²) in [7, 11) is 0. The number of amides is 2. The summed E-state index contributed by atoms with van der Waals surface area (Å²) in [6.07, 6.45) is -0.770. The third kappa shape index (κ3) is 4.79. The van der Waals surface area contributed by atoms with Gasteiger partial charge in [0, 0.05) is 12.2 Å². The second kappa shape index (κ2) is 7.74. The summed E-state index contributed by atoms with van der Waals surface area (Å²) >= 11 is 0. The highest BCUT2D eigenvalue weighted by molar-refractivity contribution is 5.89. The molecule has 2 aromatic rings. The zero-order chi connectivity index (χ0) is 16.8. The largest absolute Gasteiger partial charge is 0.387 e. The molecule has 0 fully saturated rings. The van der Waals surface area contributed by atoms with Crippen LogP contribution >= 0.6 is 0 Å². The molecular weight excluding hydrogens is 295 g/mol. The van der Waals surface area contributed by atoms with E-state index in [4.69, 9.17) is 0 Å². The number of hydrogen-bond acceptors (Lipinski definition) is 2. The molecular formula is C18H21FN2O2. The van der Waals surface area contributed by atoms with E-state index in [0.717, 1.165) is 11.1 Å². The van der Waals surface area contributed by atoms with Crippen LogP contribution in [0.3, 0.4) is 0 Å². The molecule has 2 N–H and O–H groups in total. The van der Waals surface area contributed by atoms with Gasteiger partial charge in [0.25, 0.3) is 0 Å². The lowest BCUT2D eigenvalue weighted by molar-refractivity contribution is 0.128. The molecule has 122 valence electrons. The molecule has 5 heteroatoms. The maximum Gasteiger partial charge on any atom is 0.321 e. The summed E-state index contributed by atoms with van der Waals surface area (Å²) in [5.41, 5.74) is 2.25. The van der Waals surface area contributed by atoms with Crippen LogP contribution in [0.5, 0.6) is 0 Å². The SMILES string of the molecule is CCN(CC(O)c1ccc(C)cc1)C(=O)Nc1cccc(F)c1. The van der Waals surface area contributed by atoms with Crippen LogP contribution in [0, 0.1) is 12.7 Å². The van der Waals surface area contributed by atoms with Crippen LogP contribution in [0.25, 0.3) is 0 Å². The van der Waals surface area contributed by atoms with E-state index in [1.165, 1.54) is 23.1 Å². The van der Waals surface area contributed by atoms with Crippen molar-refractivity contribution in [2.75, 3.05) is 18.4 Å². The third-order valence-corrected chi connectivity index (χ3v) is 3.60. The van der Waals surface area contributed by atoms with Crippen LogP contribution in [0.1, 0.15) is 24.2 Å². The number of benzene rings is 2. The van der Waals surface area contributed by atoms with Crippen molar-refractivity contribution in [1.82, 2.24) is 4.90 Å². The molecule has 4 nitrogen and oxygen atoms in total. The van der Waals surface area contributed by atoms with E-state index in [1.54, 1.807) is 6.07 Å². The Morgan fingerprint density at radius 3 is 2.57 bits per heavy atom. The first-order chi connectivity index (χ1) is 11.0. The van der Waals surface area contributed by atoms with Crippen molar-refractivity contribution >= 4 is 11.7 Å². The van der Waals surface area contributed by atoms with Crippen molar-refractivity contribution in [2.45, 2.75) is 20.0 Å². The molecule has 0 bridgehead atoms. The quantitative estimate of drug-likeness (QED) is 0.883. The molecule has 0 aliphatic rings. The van der Waals surface area contributed by atoms with Crippen molar-refractivity contribution < 1.29 is 14.3 Å². The molecule has 0 aliphatic heterocycles. The standard InChI is InChI=1S/C18H21FN2O2/c1-3-21(12-17(22)14-9-7-13(2)8-10-14)18(23)20-16-6-4-5-15(19)11-16/h4-11,17,22H,3,12H2,1-2H3,(H,20,23). The number of urea groups is 1. The molecule has 0 saturated heterocycles. The summed E-state index contributed by atoms with van der Waals surface area (Å²) in [5, 5.41) is 12.9. The van der Waals surface area contributed by atoms with Crippen molar-refractivity contribution in [2.24, 2.45) is 0 Å². The molecule has 0 spiro atoms. The number of carbonyl (C=O) groups is 1. The van der Waals surface area contributed by atoms with Gasteiger partial charge in [0.15, 0.2) is 0 Å². The Kier molecular flexibility index (Phi) is 5.71. The molecule has 0 aliphatic carbocycles. The summed E-state index contributed by atoms with van der Waals surface area (Å²) < 4.78 is 13.2. The number of rotatable bonds is 5. The van der Waals surface area contributed by atoms with Crippen LogP contribution in [-0.2, 0) is 0 Å². The van der Waals surface area contributed by atoms with E-state index in [2.05, 4.69) is 5.32 Å². The Morgan fingerprint density at radius 2 is 1.96 bits per heavy atom. The highest BCUT2D eigenvalue weighted by atomic mass is 19.1. The second-order valence-electron chi connectivity index (χ2n) is 5.41. The van der Waals surface area contributed by atoms with Gasteiger partial charge in [-0.2, -0.15) is 0 Å². The van der Waals surface area contributed by atoms with Gasteiger partial charge in [-0.05, 0) is 37.6 Å². The van der Waals surface area contributed by atoms with E-state index >= 15 is 0 Å². The summed E-state index contributed by atoms with van der Waals surface area (Å²) in [4.78, 5) is 13.7. The molecule has 0 radical (unpaired) electrons. The number of anilines is 1. The predicted molar refractivity (Wildman–Crippen MR) is 88.8 cm³/mol. The number of likely N-dealkylation sites (N-methyl/N-ethyl adjacent to an activating group) is 1. The van der Waals surface area contributed by atoms with Crippen LogP contribution in [0.4, 0.5) is 14.9 Å². The maximum absolute atomic E-state index is 13.2. The van der Waals surface area contributed by atoms with Crippen molar-refractivity contribution in [3.63, 3.8) is 0 Å². The lowest BCUT2D eigenvalue weighted by Gasteiger charge is -2.24. The van der Waals surface area contributed by atoms with E-state index in [9.17, 15) is 14.3 Å². The van der Waals surface area contributed by atoms with Crippen molar-refractivity contribution in [3.05, 3.63) is 65.5 Å². The van der Waals surface area contributed by atoms with Crippen molar-refractivity contribution in [3.8, 4) is 0 Å². The number of halogens is 1. The summed E-state index contributed by atoms with van der Waals surface area (Å²) in [5.74, 6) is -0.412. The molecule has 2 rings (SSSR count). The Balaban J connectivity index is 2.01. The molecule has 0 aromatic heterocycles. The van der Waals surface area contributed by atoms with Crippen LogP contribution in [0.2, 0.25) is 0 Å². The zero-order valence-corrected chi connectivity index (χ0v) is 13.3. The normalized spacial score (nSPS) is 11.8. The predicted octanol–water partition coefficient (Wildman–Crippen LogP) is 3.72. The monoisotopic (exact) mass is 316 g/mol. The summed E-state index contributed by atoms with van der Waals surface area (Å²) in [6, 6.07) is 12.9. The van der Waals surface area contributed by atoms with Gasteiger partial charge in [-0.3, -0.25) is 0 Å². The molecule has 0 heterocycles. The van der Waals surface area contributed by atoms with Gasteiger partial charge in [0.1, 0.15) is 5.82 Å². The van der Waals surface area contributed by atoms with E-state index in [-0.39, 0.29) is 12.6 Å². The highest BCUT2D eigenvalue weighted by Crippen LogP contribution is 2.16.